The molecule has 21 heavy (non-hydrogen) atoms. The van der Waals surface area contributed by atoms with Crippen LogP contribution in [0.15, 0.2) is 42.5 Å². The molecule has 0 radical (unpaired) electrons. The molecule has 2 aromatic carbocycles. The van der Waals surface area contributed by atoms with Crippen molar-refractivity contribution in [2.24, 2.45) is 0 Å². The summed E-state index contributed by atoms with van der Waals surface area (Å²) in [4.78, 5) is 22.5. The molecule has 0 aliphatic heterocycles. The van der Waals surface area contributed by atoms with Crippen molar-refractivity contribution in [3.63, 3.8) is 0 Å². The number of rotatable bonds is 4. The van der Waals surface area contributed by atoms with Gasteiger partial charge in [-0.05, 0) is 35.9 Å². The highest BCUT2D eigenvalue weighted by Gasteiger charge is 2.10. The quantitative estimate of drug-likeness (QED) is 0.910. The molecular weight excluding hydrogens is 280 g/mol. The molecule has 6 heteroatoms. The van der Waals surface area contributed by atoms with Crippen molar-refractivity contribution in [2.75, 3.05) is 5.32 Å². The van der Waals surface area contributed by atoms with Gasteiger partial charge in [0, 0.05) is 11.3 Å². The molecule has 0 aliphatic carbocycles. The number of hydrogen-bond acceptors (Lipinski definition) is 2. The normalized spacial score (nSPS) is 10.2. The van der Waals surface area contributed by atoms with Gasteiger partial charge in [-0.15, -0.1) is 0 Å². The van der Waals surface area contributed by atoms with Crippen LogP contribution in [0.1, 0.15) is 15.9 Å². The molecule has 0 spiro atoms. The molecule has 0 saturated heterocycles. The first kappa shape index (κ1) is 14.6. The average Bonchev–Trinajstić information content (AvgIpc) is 2.41. The van der Waals surface area contributed by atoms with Crippen LogP contribution in [0.25, 0.3) is 0 Å². The molecule has 0 heterocycles. The monoisotopic (exact) mass is 291 g/mol. The van der Waals surface area contributed by atoms with Gasteiger partial charge in [-0.25, -0.2) is 8.78 Å². The van der Waals surface area contributed by atoms with Crippen LogP contribution >= 0.6 is 0 Å². The summed E-state index contributed by atoms with van der Waals surface area (Å²) < 4.78 is 25.9. The molecule has 0 aliphatic rings. The summed E-state index contributed by atoms with van der Waals surface area (Å²) in [7, 11) is 0. The number of carboxylic acids is 1. The fraction of sp³-hybridized carbons (Fsp3) is 0.0667. The second-order valence-electron chi connectivity index (χ2n) is 4.35. The van der Waals surface area contributed by atoms with Crippen molar-refractivity contribution < 1.29 is 23.5 Å². The van der Waals surface area contributed by atoms with E-state index in [1.165, 1.54) is 6.07 Å². The highest BCUT2D eigenvalue weighted by molar-refractivity contribution is 6.04. The van der Waals surface area contributed by atoms with Crippen molar-refractivity contribution in [1.29, 1.82) is 0 Å². The van der Waals surface area contributed by atoms with Crippen molar-refractivity contribution in [3.8, 4) is 0 Å². The zero-order valence-electron chi connectivity index (χ0n) is 10.8. The summed E-state index contributed by atoms with van der Waals surface area (Å²) in [6.07, 6.45) is -0.172. The van der Waals surface area contributed by atoms with Crippen molar-refractivity contribution in [2.45, 2.75) is 6.42 Å². The smallest absolute Gasteiger partial charge is 0.307 e. The summed E-state index contributed by atoms with van der Waals surface area (Å²) in [6.45, 7) is 0. The first-order valence-corrected chi connectivity index (χ1v) is 6.03. The van der Waals surface area contributed by atoms with Gasteiger partial charge in [-0.3, -0.25) is 9.59 Å². The van der Waals surface area contributed by atoms with Crippen LogP contribution < -0.4 is 5.32 Å². The van der Waals surface area contributed by atoms with Gasteiger partial charge in [-0.2, -0.15) is 0 Å². The number of carbonyl (C=O) groups excluding carboxylic acids is 1. The first-order valence-electron chi connectivity index (χ1n) is 6.03. The van der Waals surface area contributed by atoms with Crippen LogP contribution in [0.5, 0.6) is 0 Å². The fourth-order valence-electron chi connectivity index (χ4n) is 1.77. The number of nitrogens with one attached hydrogen (secondary N) is 1. The van der Waals surface area contributed by atoms with Crippen molar-refractivity contribution >= 4 is 17.6 Å². The number of halogens is 2. The number of hydrogen-bond donors (Lipinski definition) is 2. The van der Waals surface area contributed by atoms with E-state index in [1.807, 2.05) is 0 Å². The minimum absolute atomic E-state index is 0.0301. The highest BCUT2D eigenvalue weighted by atomic mass is 19.2. The van der Waals surface area contributed by atoms with Gasteiger partial charge in [0.2, 0.25) is 0 Å². The molecule has 0 atom stereocenters. The van der Waals surface area contributed by atoms with Gasteiger partial charge >= 0.3 is 5.97 Å². The molecule has 108 valence electrons. The predicted molar refractivity (Wildman–Crippen MR) is 72.1 cm³/mol. The third kappa shape index (κ3) is 3.85. The van der Waals surface area contributed by atoms with Crippen LogP contribution in [0, 0.1) is 11.6 Å². The maximum Gasteiger partial charge on any atom is 0.307 e. The lowest BCUT2D eigenvalue weighted by atomic mass is 10.1. The molecule has 4 nitrogen and oxygen atoms in total. The zero-order chi connectivity index (χ0) is 15.4. The summed E-state index contributed by atoms with van der Waals surface area (Å²) >= 11 is 0. The van der Waals surface area contributed by atoms with Crippen molar-refractivity contribution in [3.05, 3.63) is 65.2 Å². The Morgan fingerprint density at radius 2 is 1.81 bits per heavy atom. The Morgan fingerprint density at radius 3 is 2.48 bits per heavy atom. The summed E-state index contributed by atoms with van der Waals surface area (Å²) in [5.74, 6) is -3.74. The molecule has 0 unspecified atom stereocenters. The van der Waals surface area contributed by atoms with Gasteiger partial charge < -0.3 is 10.4 Å². The topological polar surface area (TPSA) is 66.4 Å². The Labute approximate surface area is 119 Å². The lowest BCUT2D eigenvalue weighted by Gasteiger charge is -2.07. The van der Waals surface area contributed by atoms with E-state index in [-0.39, 0.29) is 12.0 Å². The molecule has 2 aromatic rings. The molecule has 2 rings (SSSR count). The van der Waals surface area contributed by atoms with E-state index in [0.717, 1.165) is 18.2 Å². The largest absolute Gasteiger partial charge is 0.481 e. The van der Waals surface area contributed by atoms with Crippen LogP contribution in [-0.2, 0) is 11.2 Å². The van der Waals surface area contributed by atoms with E-state index in [9.17, 15) is 18.4 Å². The van der Waals surface area contributed by atoms with Crippen LogP contribution in [0.4, 0.5) is 14.5 Å². The van der Waals surface area contributed by atoms with Crippen LogP contribution in [0.3, 0.4) is 0 Å². The van der Waals surface area contributed by atoms with Gasteiger partial charge in [0.25, 0.3) is 5.91 Å². The Hall–Kier alpha value is -2.76. The zero-order valence-corrected chi connectivity index (χ0v) is 10.8. The molecule has 0 fully saturated rings. The average molecular weight is 291 g/mol. The number of amides is 1. The second kappa shape index (κ2) is 6.13. The maximum absolute atomic E-state index is 13.1. The lowest BCUT2D eigenvalue weighted by Crippen LogP contribution is -2.12. The highest BCUT2D eigenvalue weighted by Crippen LogP contribution is 2.14. The van der Waals surface area contributed by atoms with Crippen LogP contribution in [0.2, 0.25) is 0 Å². The second-order valence-corrected chi connectivity index (χ2v) is 4.35. The Kier molecular flexibility index (Phi) is 4.27. The predicted octanol–water partition coefficient (Wildman–Crippen LogP) is 2.84. The minimum Gasteiger partial charge on any atom is -0.481 e. The van der Waals surface area contributed by atoms with E-state index in [4.69, 9.17) is 5.11 Å². The molecular formula is C15H11F2NO3. The minimum atomic E-state index is -1.11. The Bertz CT molecular complexity index is 701. The van der Waals surface area contributed by atoms with Gasteiger partial charge in [0.05, 0.1) is 6.42 Å². The summed E-state index contributed by atoms with van der Waals surface area (Å²) in [5.41, 5.74) is 0.867. The van der Waals surface area contributed by atoms with Crippen molar-refractivity contribution in [1.82, 2.24) is 0 Å². The van der Waals surface area contributed by atoms with Gasteiger partial charge in [-0.1, -0.05) is 12.1 Å². The number of carboxylic acid groups (broad SMARTS) is 1. The van der Waals surface area contributed by atoms with E-state index in [0.29, 0.717) is 11.3 Å². The molecule has 0 saturated carbocycles. The fourth-order valence-corrected chi connectivity index (χ4v) is 1.77. The van der Waals surface area contributed by atoms with E-state index >= 15 is 0 Å². The molecule has 2 N–H and O–H groups in total. The lowest BCUT2D eigenvalue weighted by molar-refractivity contribution is -0.136. The SMILES string of the molecule is O=C(O)Cc1cccc(NC(=O)c2ccc(F)c(F)c2)c1. The van der Waals surface area contributed by atoms with E-state index in [1.54, 1.807) is 18.2 Å². The maximum atomic E-state index is 13.1. The van der Waals surface area contributed by atoms with Crippen LogP contribution in [-0.4, -0.2) is 17.0 Å². The van der Waals surface area contributed by atoms with E-state index < -0.39 is 23.5 Å². The number of carbonyl (C=O) groups is 2. The summed E-state index contributed by atoms with van der Waals surface area (Å²) in [5, 5.41) is 11.2. The Morgan fingerprint density at radius 1 is 1.05 bits per heavy atom. The number of benzene rings is 2. The van der Waals surface area contributed by atoms with Gasteiger partial charge in [0.1, 0.15) is 0 Å². The standard InChI is InChI=1S/C15H11F2NO3/c16-12-5-4-10(8-13(12)17)15(21)18-11-3-1-2-9(6-11)7-14(19)20/h1-6,8H,7H2,(H,18,21)(H,19,20). The molecule has 0 aromatic heterocycles. The number of anilines is 1. The summed E-state index contributed by atoms with van der Waals surface area (Å²) in [6, 6.07) is 9.11. The third-order valence-electron chi connectivity index (χ3n) is 2.72. The first-order chi connectivity index (χ1) is 9.95. The van der Waals surface area contributed by atoms with E-state index in [2.05, 4.69) is 5.32 Å². The van der Waals surface area contributed by atoms with Gasteiger partial charge in [0.15, 0.2) is 11.6 Å². The third-order valence-corrected chi connectivity index (χ3v) is 2.72. The molecule has 1 amide bonds. The Balaban J connectivity index is 2.15. The molecule has 0 bridgehead atoms. The number of aliphatic carboxylic acids is 1.